The molecule has 0 bridgehead atoms. The fourth-order valence-electron chi connectivity index (χ4n) is 1.13. The van der Waals surface area contributed by atoms with Crippen LogP contribution in [-0.4, -0.2) is 60.9 Å². The highest BCUT2D eigenvalue weighted by Gasteiger charge is 2.36. The van der Waals surface area contributed by atoms with Gasteiger partial charge in [0.15, 0.2) is 0 Å². The Labute approximate surface area is 104 Å². The van der Waals surface area contributed by atoms with Gasteiger partial charge in [0.1, 0.15) is 0 Å². The lowest BCUT2D eigenvalue weighted by Crippen LogP contribution is -2.42. The van der Waals surface area contributed by atoms with Gasteiger partial charge >= 0.3 is 8.80 Å². The molecule has 5 nitrogen and oxygen atoms in total. The van der Waals surface area contributed by atoms with E-state index in [1.165, 1.54) is 0 Å². The van der Waals surface area contributed by atoms with Crippen LogP contribution in [0.5, 0.6) is 0 Å². The molecule has 0 amide bonds. The van der Waals surface area contributed by atoms with E-state index in [4.69, 9.17) is 30.2 Å². The number of thiocarbonyl (C=S) groups is 1. The van der Waals surface area contributed by atoms with Crippen molar-refractivity contribution in [1.82, 2.24) is 4.90 Å². The van der Waals surface area contributed by atoms with E-state index in [-0.39, 0.29) is 0 Å². The summed E-state index contributed by atoms with van der Waals surface area (Å²) in [4.78, 5) is 1.75. The van der Waals surface area contributed by atoms with Gasteiger partial charge in [0.05, 0.1) is 6.61 Å². The molecule has 0 saturated carbocycles. The maximum atomic E-state index is 5.35. The predicted octanol–water partition coefficient (Wildman–Crippen LogP) is 1.12. The van der Waals surface area contributed by atoms with Crippen LogP contribution in [0.3, 0.4) is 0 Å². The van der Waals surface area contributed by atoms with Crippen LogP contribution in [-0.2, 0) is 18.0 Å². The molecule has 0 aliphatic heterocycles. The average Bonchev–Trinajstić information content (AvgIpc) is 2.30. The molecular weight excluding hydrogens is 246 g/mol. The molecule has 96 valence electrons. The van der Waals surface area contributed by atoms with Crippen LogP contribution < -0.4 is 0 Å². The molecule has 0 spiro atoms. The molecule has 0 aromatic carbocycles. The minimum Gasteiger partial charge on any atom is -0.471 e. The van der Waals surface area contributed by atoms with Gasteiger partial charge in [-0.1, -0.05) is 0 Å². The van der Waals surface area contributed by atoms with Gasteiger partial charge in [-0.25, -0.2) is 0 Å². The zero-order valence-corrected chi connectivity index (χ0v) is 12.4. The molecule has 16 heavy (non-hydrogen) atoms. The molecule has 0 saturated heterocycles. The maximum absolute atomic E-state index is 5.35. The molecule has 0 radical (unpaired) electrons. The third-order valence-electron chi connectivity index (χ3n) is 2.15. The molecule has 0 unspecified atom stereocenters. The second-order valence-corrected chi connectivity index (χ2v) is 6.85. The highest BCUT2D eigenvalue weighted by molar-refractivity contribution is 7.80. The number of nitrogens with zero attached hydrogens (tertiary/aromatic N) is 1. The SMILES string of the molecule is CO[Si](CCCOC(=S)N(C)C)(OC)OC. The Morgan fingerprint density at radius 1 is 1.12 bits per heavy atom. The summed E-state index contributed by atoms with van der Waals surface area (Å²) in [6.07, 6.45) is 0.787. The molecule has 0 N–H and O–H groups in total. The second-order valence-electron chi connectivity index (χ2n) is 3.41. The van der Waals surface area contributed by atoms with Crippen LogP contribution in [0.25, 0.3) is 0 Å². The number of hydrogen-bond acceptors (Lipinski definition) is 5. The normalized spacial score (nSPS) is 11.3. The Morgan fingerprint density at radius 2 is 1.62 bits per heavy atom. The van der Waals surface area contributed by atoms with Crippen molar-refractivity contribution < 1.29 is 18.0 Å². The number of rotatable bonds is 7. The maximum Gasteiger partial charge on any atom is 0.500 e. The zero-order valence-electron chi connectivity index (χ0n) is 10.6. The van der Waals surface area contributed by atoms with Crippen LogP contribution in [0.1, 0.15) is 6.42 Å². The summed E-state index contributed by atoms with van der Waals surface area (Å²) < 4.78 is 21.2. The van der Waals surface area contributed by atoms with E-state index in [1.54, 1.807) is 26.2 Å². The van der Waals surface area contributed by atoms with Crippen LogP contribution >= 0.6 is 12.2 Å². The van der Waals surface area contributed by atoms with Crippen molar-refractivity contribution in [1.29, 1.82) is 0 Å². The highest BCUT2D eigenvalue weighted by Crippen LogP contribution is 2.14. The van der Waals surface area contributed by atoms with E-state index in [2.05, 4.69) is 0 Å². The average molecular weight is 267 g/mol. The van der Waals surface area contributed by atoms with Gasteiger partial charge < -0.3 is 22.9 Å². The molecule has 0 rings (SSSR count). The van der Waals surface area contributed by atoms with E-state index in [9.17, 15) is 0 Å². The number of ether oxygens (including phenoxy) is 1. The molecule has 0 atom stereocenters. The second kappa shape index (κ2) is 7.96. The minimum atomic E-state index is -2.45. The Balaban J connectivity index is 3.83. The number of hydrogen-bond donors (Lipinski definition) is 0. The van der Waals surface area contributed by atoms with Gasteiger partial charge in [0.2, 0.25) is 0 Å². The first-order valence-electron chi connectivity index (χ1n) is 5.01. The first-order valence-corrected chi connectivity index (χ1v) is 7.35. The minimum absolute atomic E-state index is 0.486. The van der Waals surface area contributed by atoms with Crippen molar-refractivity contribution in [3.05, 3.63) is 0 Å². The summed E-state index contributed by atoms with van der Waals surface area (Å²) in [7, 11) is 6.05. The molecule has 0 aromatic rings. The molecule has 0 aliphatic carbocycles. The summed E-state index contributed by atoms with van der Waals surface area (Å²) >= 11 is 4.99. The monoisotopic (exact) mass is 267 g/mol. The molecule has 0 aromatic heterocycles. The molecule has 0 heterocycles. The lowest BCUT2D eigenvalue weighted by atomic mass is 10.5. The van der Waals surface area contributed by atoms with Crippen molar-refractivity contribution in [3.8, 4) is 0 Å². The third kappa shape index (κ3) is 5.22. The smallest absolute Gasteiger partial charge is 0.471 e. The van der Waals surface area contributed by atoms with Gasteiger partial charge in [-0.15, -0.1) is 0 Å². The van der Waals surface area contributed by atoms with Gasteiger partial charge in [-0.3, -0.25) is 0 Å². The van der Waals surface area contributed by atoms with Crippen molar-refractivity contribution >= 4 is 26.2 Å². The zero-order chi connectivity index (χ0) is 12.6. The van der Waals surface area contributed by atoms with Crippen molar-refractivity contribution in [2.24, 2.45) is 0 Å². The Morgan fingerprint density at radius 3 is 2.00 bits per heavy atom. The molecule has 7 heteroatoms. The quantitative estimate of drug-likeness (QED) is 0.391. The molecule has 0 fully saturated rings. The van der Waals surface area contributed by atoms with Crippen LogP contribution in [0.15, 0.2) is 0 Å². The van der Waals surface area contributed by atoms with E-state index in [0.29, 0.717) is 17.8 Å². The standard InChI is InChI=1S/C9H21NO4SSi/c1-10(2)9(15)14-7-6-8-16(11-3,12-4)13-5/h6-8H2,1-5H3. The summed E-state index contributed by atoms with van der Waals surface area (Å²) in [6.45, 7) is 0.543. The van der Waals surface area contributed by atoms with E-state index in [0.717, 1.165) is 6.42 Å². The highest BCUT2D eigenvalue weighted by atomic mass is 32.1. The summed E-state index contributed by atoms with van der Waals surface area (Å²) in [5.41, 5.74) is 0. The summed E-state index contributed by atoms with van der Waals surface area (Å²) in [5, 5.41) is 0.486. The first-order chi connectivity index (χ1) is 7.51. The van der Waals surface area contributed by atoms with E-state index in [1.807, 2.05) is 14.1 Å². The summed E-state index contributed by atoms with van der Waals surface area (Å²) in [6, 6.07) is 0.715. The van der Waals surface area contributed by atoms with E-state index < -0.39 is 8.80 Å². The fraction of sp³-hybridized carbons (Fsp3) is 0.889. The van der Waals surface area contributed by atoms with Gasteiger partial charge in [-0.2, -0.15) is 0 Å². The predicted molar refractivity (Wildman–Crippen MR) is 68.4 cm³/mol. The largest absolute Gasteiger partial charge is 0.500 e. The Hall–Kier alpha value is -0.213. The molecular formula is C9H21NO4SSi. The van der Waals surface area contributed by atoms with Crippen molar-refractivity contribution in [2.75, 3.05) is 42.0 Å². The van der Waals surface area contributed by atoms with Gasteiger partial charge in [-0.05, 0) is 18.6 Å². The van der Waals surface area contributed by atoms with Crippen LogP contribution in [0, 0.1) is 0 Å². The van der Waals surface area contributed by atoms with Gasteiger partial charge in [0.25, 0.3) is 5.17 Å². The first kappa shape index (κ1) is 15.8. The van der Waals surface area contributed by atoms with Crippen molar-refractivity contribution in [2.45, 2.75) is 12.5 Å². The van der Waals surface area contributed by atoms with Gasteiger partial charge in [0, 0.05) is 41.5 Å². The third-order valence-corrected chi connectivity index (χ3v) is 5.47. The lowest BCUT2D eigenvalue weighted by molar-refractivity contribution is 0.120. The van der Waals surface area contributed by atoms with Crippen LogP contribution in [0.4, 0.5) is 0 Å². The Kier molecular flexibility index (Phi) is 7.86. The lowest BCUT2D eigenvalue weighted by Gasteiger charge is -2.24. The fourth-order valence-corrected chi connectivity index (χ4v) is 2.91. The van der Waals surface area contributed by atoms with Crippen LogP contribution in [0.2, 0.25) is 6.04 Å². The summed E-state index contributed by atoms with van der Waals surface area (Å²) in [5.74, 6) is 0. The molecule has 0 aliphatic rings. The van der Waals surface area contributed by atoms with Crippen molar-refractivity contribution in [3.63, 3.8) is 0 Å². The Bertz CT molecular complexity index is 203. The van der Waals surface area contributed by atoms with E-state index >= 15 is 0 Å². The topological polar surface area (TPSA) is 40.2 Å².